The average Bonchev–Trinajstić information content (AvgIpc) is 2.53. The largest absolute Gasteiger partial charge is 0.343 e. The maximum atomic E-state index is 5.92. The third-order valence-electron chi connectivity index (χ3n) is 1.56. The predicted octanol–water partition coefficient (Wildman–Crippen LogP) is 3.45. The van der Waals surface area contributed by atoms with Crippen LogP contribution in [0.5, 0.6) is 0 Å². The van der Waals surface area contributed by atoms with Crippen LogP contribution in [0.1, 0.15) is 0 Å². The van der Waals surface area contributed by atoms with Crippen molar-refractivity contribution in [2.45, 2.75) is 0 Å². The van der Waals surface area contributed by atoms with Crippen LogP contribution in [0.3, 0.4) is 0 Å². The van der Waals surface area contributed by atoms with Crippen molar-refractivity contribution in [1.82, 2.24) is 5.16 Å². The molecule has 0 amide bonds. The average molecular weight is 213 g/mol. The summed E-state index contributed by atoms with van der Waals surface area (Å²) in [6, 6.07) is 10.0. The molecule has 13 heavy (non-hydrogen) atoms. The van der Waals surface area contributed by atoms with E-state index in [1.54, 1.807) is 6.07 Å². The molecule has 0 aliphatic carbocycles. The smallest absolute Gasteiger partial charge is 0.234 e. The second-order valence-corrected chi connectivity index (χ2v) is 3.16. The van der Waals surface area contributed by atoms with Crippen molar-refractivity contribution in [3.63, 3.8) is 0 Å². The summed E-state index contributed by atoms with van der Waals surface area (Å²) in [6.45, 7) is 0. The first-order chi connectivity index (χ1) is 6.27. The van der Waals surface area contributed by atoms with Crippen molar-refractivity contribution in [2.75, 3.05) is 0 Å². The van der Waals surface area contributed by atoms with E-state index in [-0.39, 0.29) is 5.22 Å². The lowest BCUT2D eigenvalue weighted by molar-refractivity contribution is 0.424. The highest BCUT2D eigenvalue weighted by molar-refractivity contribution is 6.33. The maximum absolute atomic E-state index is 5.92. The Hall–Kier alpha value is -0.990. The van der Waals surface area contributed by atoms with Gasteiger partial charge in [0.2, 0.25) is 5.22 Å². The van der Waals surface area contributed by atoms with Crippen molar-refractivity contribution < 1.29 is 4.52 Å². The Kier molecular flexibility index (Phi) is 2.25. The van der Waals surface area contributed by atoms with E-state index in [0.717, 1.165) is 5.56 Å². The fraction of sp³-hybridized carbons (Fsp3) is 0. The van der Waals surface area contributed by atoms with Gasteiger partial charge in [-0.15, -0.1) is 0 Å². The van der Waals surface area contributed by atoms with Gasteiger partial charge >= 0.3 is 0 Å². The van der Waals surface area contributed by atoms with E-state index in [2.05, 4.69) is 15.7 Å². The van der Waals surface area contributed by atoms with E-state index in [1.807, 2.05) is 18.2 Å². The van der Waals surface area contributed by atoms with Crippen molar-refractivity contribution in [3.05, 3.63) is 40.6 Å². The highest BCUT2D eigenvalue weighted by atomic mass is 35.5. The van der Waals surface area contributed by atoms with Gasteiger partial charge in [-0.1, -0.05) is 35.0 Å². The number of aromatic nitrogens is 1. The summed E-state index contributed by atoms with van der Waals surface area (Å²) in [5.74, 6) is 0. The molecule has 1 aromatic carbocycles. The Morgan fingerprint density at radius 2 is 2.00 bits per heavy atom. The quantitative estimate of drug-likeness (QED) is 0.724. The van der Waals surface area contributed by atoms with E-state index in [1.165, 1.54) is 0 Å². The van der Waals surface area contributed by atoms with Crippen LogP contribution < -0.4 is 0 Å². The third-order valence-corrected chi connectivity index (χ3v) is 2.06. The predicted molar refractivity (Wildman–Crippen MR) is 50.8 cm³/mol. The molecule has 0 atom stereocenters. The molecule has 0 aliphatic heterocycles. The van der Waals surface area contributed by atoms with Crippen molar-refractivity contribution in [3.8, 4) is 11.3 Å². The number of halogens is 2. The molecule has 1 aromatic heterocycles. The molecule has 2 rings (SSSR count). The van der Waals surface area contributed by atoms with E-state index in [9.17, 15) is 0 Å². The minimum absolute atomic E-state index is 0.134. The van der Waals surface area contributed by atoms with E-state index in [0.29, 0.717) is 10.7 Å². The van der Waals surface area contributed by atoms with Crippen molar-refractivity contribution >= 4 is 23.2 Å². The maximum Gasteiger partial charge on any atom is 0.234 e. The fourth-order valence-electron chi connectivity index (χ4n) is 0.994. The zero-order chi connectivity index (χ0) is 9.26. The van der Waals surface area contributed by atoms with Crippen LogP contribution in [-0.2, 0) is 0 Å². The van der Waals surface area contributed by atoms with Gasteiger partial charge in [0.1, 0.15) is 5.69 Å². The van der Waals surface area contributed by atoms with Gasteiger partial charge < -0.3 is 4.52 Å². The Labute approximate surface area is 85.1 Å². The highest BCUT2D eigenvalue weighted by Crippen LogP contribution is 2.27. The summed E-state index contributed by atoms with van der Waals surface area (Å²) in [5.41, 5.74) is 1.29. The molecule has 65 valence electrons. The molecule has 4 heteroatoms. The molecule has 0 bridgehead atoms. The van der Waals surface area contributed by atoms with Crippen LogP contribution in [0.2, 0.25) is 10.2 Å². The Morgan fingerprint density at radius 1 is 1.23 bits per heavy atom. The van der Waals surface area contributed by atoms with Crippen molar-refractivity contribution in [1.29, 1.82) is 0 Å². The standard InChI is InChI=1S/C9H4Cl2NO/c10-7-4-2-1-3-6(7)8-5-9(11)13-12-8/h1-4H. The van der Waals surface area contributed by atoms with Gasteiger partial charge in [0.15, 0.2) is 0 Å². The molecule has 0 saturated carbocycles. The molecule has 0 fully saturated rings. The third kappa shape index (κ3) is 1.69. The summed E-state index contributed by atoms with van der Waals surface area (Å²) < 4.78 is 4.68. The lowest BCUT2D eigenvalue weighted by Gasteiger charge is -1.96. The van der Waals surface area contributed by atoms with E-state index < -0.39 is 0 Å². The Balaban J connectivity index is 2.52. The van der Waals surface area contributed by atoms with Gasteiger partial charge in [0, 0.05) is 5.56 Å². The minimum Gasteiger partial charge on any atom is -0.343 e. The molecule has 0 aliphatic rings. The van der Waals surface area contributed by atoms with Gasteiger partial charge in [-0.2, -0.15) is 0 Å². The van der Waals surface area contributed by atoms with Crippen LogP contribution in [0.4, 0.5) is 0 Å². The normalized spacial score (nSPS) is 10.3. The second kappa shape index (κ2) is 3.40. The molecule has 0 unspecified atom stereocenters. The molecular formula is C9H4Cl2NO. The van der Waals surface area contributed by atoms with Crippen molar-refractivity contribution in [2.24, 2.45) is 0 Å². The lowest BCUT2D eigenvalue weighted by Crippen LogP contribution is -1.77. The molecule has 1 radical (unpaired) electrons. The molecule has 0 spiro atoms. The fourth-order valence-corrected chi connectivity index (χ4v) is 1.34. The zero-order valence-corrected chi connectivity index (χ0v) is 7.93. The van der Waals surface area contributed by atoms with Gasteiger partial charge in [-0.25, -0.2) is 0 Å². The topological polar surface area (TPSA) is 26.0 Å². The summed E-state index contributed by atoms with van der Waals surface area (Å²) in [6.07, 6.45) is 0. The number of hydrogen-bond donors (Lipinski definition) is 0. The Bertz CT molecular complexity index is 425. The van der Waals surface area contributed by atoms with Crippen LogP contribution in [0.15, 0.2) is 28.8 Å². The molecular weight excluding hydrogens is 209 g/mol. The molecule has 2 nitrogen and oxygen atoms in total. The van der Waals surface area contributed by atoms with Gasteiger partial charge in [-0.05, 0) is 17.7 Å². The molecule has 0 saturated heterocycles. The van der Waals surface area contributed by atoms with Gasteiger partial charge in [0.25, 0.3) is 0 Å². The van der Waals surface area contributed by atoms with Crippen LogP contribution in [0.25, 0.3) is 11.3 Å². The monoisotopic (exact) mass is 212 g/mol. The number of rotatable bonds is 1. The molecule has 2 aromatic rings. The van der Waals surface area contributed by atoms with Crippen LogP contribution in [0, 0.1) is 6.07 Å². The number of hydrogen-bond acceptors (Lipinski definition) is 2. The zero-order valence-electron chi connectivity index (χ0n) is 6.42. The summed E-state index contributed by atoms with van der Waals surface area (Å²) in [7, 11) is 0. The molecule has 0 N–H and O–H groups in total. The number of nitrogens with zero attached hydrogens (tertiary/aromatic N) is 1. The minimum atomic E-state index is 0.134. The van der Waals surface area contributed by atoms with Crippen LogP contribution >= 0.6 is 23.2 Å². The second-order valence-electron chi connectivity index (χ2n) is 2.41. The first-order valence-corrected chi connectivity index (χ1v) is 4.32. The highest BCUT2D eigenvalue weighted by Gasteiger charge is 2.07. The first-order valence-electron chi connectivity index (χ1n) is 3.57. The van der Waals surface area contributed by atoms with E-state index in [4.69, 9.17) is 23.2 Å². The van der Waals surface area contributed by atoms with Crippen LogP contribution in [-0.4, -0.2) is 5.16 Å². The van der Waals surface area contributed by atoms with Gasteiger partial charge in [0.05, 0.1) is 11.1 Å². The lowest BCUT2D eigenvalue weighted by atomic mass is 10.2. The summed E-state index contributed by atoms with van der Waals surface area (Å²) in [4.78, 5) is 0. The molecule has 1 heterocycles. The van der Waals surface area contributed by atoms with Gasteiger partial charge in [-0.3, -0.25) is 0 Å². The summed E-state index contributed by atoms with van der Waals surface area (Å²) in [5, 5.41) is 4.43. The Morgan fingerprint density at radius 3 is 2.62 bits per heavy atom. The van der Waals surface area contributed by atoms with E-state index >= 15 is 0 Å². The SMILES string of the molecule is Clc1[c]c(-c2ccccc2Cl)no1. The first kappa shape index (κ1) is 8.60. The number of benzene rings is 1. The summed E-state index contributed by atoms with van der Waals surface area (Å²) >= 11 is 11.5.